The van der Waals surface area contributed by atoms with Crippen LogP contribution in [0.5, 0.6) is 11.5 Å². The van der Waals surface area contributed by atoms with Crippen LogP contribution in [0, 0.1) is 0 Å². The van der Waals surface area contributed by atoms with Gasteiger partial charge in [-0.05, 0) is 31.9 Å². The lowest BCUT2D eigenvalue weighted by Gasteiger charge is -2.09. The van der Waals surface area contributed by atoms with Crippen molar-refractivity contribution in [1.82, 2.24) is 10.1 Å². The maximum atomic E-state index is 11.6. The molecular weight excluding hydrogens is 272 g/mol. The molecule has 0 radical (unpaired) electrons. The van der Waals surface area contributed by atoms with Crippen LogP contribution in [0.4, 0.5) is 0 Å². The fraction of sp³-hybridized carbons (Fsp3) is 0.400. The number of nitrogens with zero attached hydrogens (tertiary/aromatic N) is 2. The van der Waals surface area contributed by atoms with Gasteiger partial charge in [0, 0.05) is 12.0 Å². The third kappa shape index (κ3) is 3.04. The number of methoxy groups -OCH3 is 1. The molecule has 110 valence electrons. The highest BCUT2D eigenvalue weighted by Crippen LogP contribution is 2.38. The Balaban J connectivity index is 1.74. The molecule has 6 nitrogen and oxygen atoms in total. The lowest BCUT2D eigenvalue weighted by Crippen LogP contribution is -2.02. The Labute approximate surface area is 122 Å². The quantitative estimate of drug-likeness (QED) is 0.761. The molecule has 1 fully saturated rings. The molecule has 1 aromatic heterocycles. The summed E-state index contributed by atoms with van der Waals surface area (Å²) in [6.07, 6.45) is 2.23. The molecule has 0 bridgehead atoms. The van der Waals surface area contributed by atoms with Crippen molar-refractivity contribution in [3.05, 3.63) is 35.5 Å². The summed E-state index contributed by atoms with van der Waals surface area (Å²) in [5, 5.41) is 3.92. The molecule has 1 aliphatic carbocycles. The Hall–Kier alpha value is -2.37. The van der Waals surface area contributed by atoms with E-state index in [1.54, 1.807) is 25.3 Å². The van der Waals surface area contributed by atoms with Crippen molar-refractivity contribution in [2.24, 2.45) is 0 Å². The minimum Gasteiger partial charge on any atom is -0.497 e. The van der Waals surface area contributed by atoms with Crippen LogP contribution >= 0.6 is 0 Å². The van der Waals surface area contributed by atoms with Crippen molar-refractivity contribution in [2.45, 2.75) is 32.3 Å². The molecule has 0 unspecified atom stereocenters. The second-order valence-electron chi connectivity index (χ2n) is 5.03. The number of ketones is 1. The summed E-state index contributed by atoms with van der Waals surface area (Å²) in [6.45, 7) is 1.62. The van der Waals surface area contributed by atoms with Gasteiger partial charge in [0.25, 0.3) is 5.89 Å². The number of hydrogen-bond donors (Lipinski definition) is 0. The normalized spacial score (nSPS) is 14.0. The molecule has 0 saturated heterocycles. The molecule has 1 aromatic carbocycles. The first kappa shape index (κ1) is 13.6. The average molecular weight is 288 g/mol. The predicted octanol–water partition coefficient (Wildman–Crippen LogP) is 2.74. The van der Waals surface area contributed by atoms with Gasteiger partial charge in [-0.3, -0.25) is 4.79 Å². The van der Waals surface area contributed by atoms with Gasteiger partial charge in [-0.2, -0.15) is 4.98 Å². The van der Waals surface area contributed by atoms with Crippen LogP contribution in [-0.2, 0) is 6.61 Å². The predicted molar refractivity (Wildman–Crippen MR) is 73.6 cm³/mol. The van der Waals surface area contributed by atoms with Gasteiger partial charge in [-0.1, -0.05) is 5.16 Å². The summed E-state index contributed by atoms with van der Waals surface area (Å²) in [7, 11) is 1.56. The van der Waals surface area contributed by atoms with E-state index in [0.29, 0.717) is 28.9 Å². The van der Waals surface area contributed by atoms with Gasteiger partial charge in [-0.25, -0.2) is 0 Å². The second kappa shape index (κ2) is 5.55. The standard InChI is InChI=1S/C15H16N2O4/c1-9(18)12-6-5-11(19-2)7-13(12)20-8-14-16-15(17-21-14)10-3-4-10/h5-7,10H,3-4,8H2,1-2H3. The van der Waals surface area contributed by atoms with Crippen molar-refractivity contribution in [3.63, 3.8) is 0 Å². The minimum absolute atomic E-state index is 0.0724. The van der Waals surface area contributed by atoms with E-state index < -0.39 is 0 Å². The Morgan fingerprint density at radius 3 is 2.90 bits per heavy atom. The third-order valence-corrected chi connectivity index (χ3v) is 3.35. The fourth-order valence-electron chi connectivity index (χ4n) is 2.01. The van der Waals surface area contributed by atoms with Crippen LogP contribution in [0.3, 0.4) is 0 Å². The molecule has 21 heavy (non-hydrogen) atoms. The molecule has 0 N–H and O–H groups in total. The van der Waals surface area contributed by atoms with E-state index in [-0.39, 0.29) is 12.4 Å². The maximum Gasteiger partial charge on any atom is 0.264 e. The molecule has 3 rings (SSSR count). The number of carbonyl (C=O) groups excluding carboxylic acids is 1. The first-order valence-electron chi connectivity index (χ1n) is 6.81. The van der Waals surface area contributed by atoms with E-state index in [1.807, 2.05) is 0 Å². The van der Waals surface area contributed by atoms with Crippen LogP contribution < -0.4 is 9.47 Å². The van der Waals surface area contributed by atoms with Gasteiger partial charge in [0.05, 0.1) is 12.7 Å². The Kier molecular flexibility index (Phi) is 3.60. The Bertz CT molecular complexity index is 661. The van der Waals surface area contributed by atoms with Gasteiger partial charge in [0.15, 0.2) is 18.2 Å². The van der Waals surface area contributed by atoms with Crippen molar-refractivity contribution >= 4 is 5.78 Å². The van der Waals surface area contributed by atoms with Crippen LogP contribution in [-0.4, -0.2) is 23.0 Å². The molecule has 0 spiro atoms. The highest BCUT2D eigenvalue weighted by atomic mass is 16.5. The molecule has 6 heteroatoms. The molecule has 1 aliphatic rings. The Morgan fingerprint density at radius 1 is 1.43 bits per heavy atom. The maximum absolute atomic E-state index is 11.6. The number of hydrogen-bond acceptors (Lipinski definition) is 6. The molecule has 0 aliphatic heterocycles. The summed E-state index contributed by atoms with van der Waals surface area (Å²) in [5.74, 6) is 2.59. The smallest absolute Gasteiger partial charge is 0.264 e. The van der Waals surface area contributed by atoms with Crippen LogP contribution in [0.2, 0.25) is 0 Å². The minimum atomic E-state index is -0.0724. The summed E-state index contributed by atoms with van der Waals surface area (Å²) in [5.41, 5.74) is 0.498. The zero-order valence-corrected chi connectivity index (χ0v) is 12.0. The van der Waals surface area contributed by atoms with Crippen LogP contribution in [0.15, 0.2) is 22.7 Å². The lowest BCUT2D eigenvalue weighted by molar-refractivity contribution is 0.101. The van der Waals surface area contributed by atoms with Gasteiger partial charge in [0.2, 0.25) is 0 Å². The average Bonchev–Trinajstić information content (AvgIpc) is 3.23. The first-order chi connectivity index (χ1) is 10.2. The first-order valence-corrected chi connectivity index (χ1v) is 6.81. The SMILES string of the molecule is COc1ccc(C(C)=O)c(OCc2nc(C3CC3)no2)c1. The van der Waals surface area contributed by atoms with E-state index in [0.717, 1.165) is 18.7 Å². The van der Waals surface area contributed by atoms with Gasteiger partial charge < -0.3 is 14.0 Å². The zero-order valence-electron chi connectivity index (χ0n) is 12.0. The fourth-order valence-corrected chi connectivity index (χ4v) is 2.01. The van der Waals surface area contributed by atoms with E-state index in [2.05, 4.69) is 10.1 Å². The molecule has 2 aromatic rings. The molecular formula is C15H16N2O4. The number of Topliss-reactive ketones (excluding diaryl/α,β-unsaturated/α-hetero) is 1. The molecule has 1 saturated carbocycles. The zero-order chi connectivity index (χ0) is 14.8. The number of rotatable bonds is 6. The van der Waals surface area contributed by atoms with E-state index in [4.69, 9.17) is 14.0 Å². The van der Waals surface area contributed by atoms with Gasteiger partial charge in [0.1, 0.15) is 11.5 Å². The van der Waals surface area contributed by atoms with Crippen LogP contribution in [0.25, 0.3) is 0 Å². The van der Waals surface area contributed by atoms with Crippen molar-refractivity contribution < 1.29 is 18.8 Å². The lowest BCUT2D eigenvalue weighted by atomic mass is 10.1. The summed E-state index contributed by atoms with van der Waals surface area (Å²) < 4.78 is 15.9. The highest BCUT2D eigenvalue weighted by molar-refractivity contribution is 5.97. The number of aromatic nitrogens is 2. The molecule has 0 amide bonds. The monoisotopic (exact) mass is 288 g/mol. The molecule has 1 heterocycles. The van der Waals surface area contributed by atoms with Gasteiger partial charge >= 0.3 is 0 Å². The second-order valence-corrected chi connectivity index (χ2v) is 5.03. The van der Waals surface area contributed by atoms with Gasteiger partial charge in [-0.15, -0.1) is 0 Å². The summed E-state index contributed by atoms with van der Waals surface area (Å²) in [4.78, 5) is 15.9. The van der Waals surface area contributed by atoms with Crippen LogP contribution in [0.1, 0.15) is 47.8 Å². The summed E-state index contributed by atoms with van der Waals surface area (Å²) >= 11 is 0. The number of carbonyl (C=O) groups is 1. The number of benzene rings is 1. The van der Waals surface area contributed by atoms with E-state index >= 15 is 0 Å². The van der Waals surface area contributed by atoms with Crippen molar-refractivity contribution in [1.29, 1.82) is 0 Å². The Morgan fingerprint density at radius 2 is 2.24 bits per heavy atom. The number of ether oxygens (including phenoxy) is 2. The van der Waals surface area contributed by atoms with Crippen molar-refractivity contribution in [2.75, 3.05) is 7.11 Å². The highest BCUT2D eigenvalue weighted by Gasteiger charge is 2.28. The third-order valence-electron chi connectivity index (χ3n) is 3.35. The van der Waals surface area contributed by atoms with Crippen molar-refractivity contribution in [3.8, 4) is 11.5 Å². The topological polar surface area (TPSA) is 74.5 Å². The largest absolute Gasteiger partial charge is 0.497 e. The summed E-state index contributed by atoms with van der Waals surface area (Å²) in [6, 6.07) is 5.08. The molecule has 0 atom stereocenters. The van der Waals surface area contributed by atoms with E-state index in [1.165, 1.54) is 6.92 Å². The van der Waals surface area contributed by atoms with E-state index in [9.17, 15) is 4.79 Å².